The molecule has 1 aromatic carbocycles. The lowest BCUT2D eigenvalue weighted by Gasteiger charge is -2.11. The van der Waals surface area contributed by atoms with Gasteiger partial charge in [0.25, 0.3) is 0 Å². The Bertz CT molecular complexity index is 525. The zero-order valence-electron chi connectivity index (χ0n) is 9.40. The minimum absolute atomic E-state index is 0.123. The number of rotatable bonds is 3. The Morgan fingerprint density at radius 3 is 2.67 bits per heavy atom. The Labute approximate surface area is 102 Å². The zero-order valence-corrected chi connectivity index (χ0v) is 9.40. The fraction of sp³-hybridized carbons (Fsp3) is 0.182. The fourth-order valence-electron chi connectivity index (χ4n) is 1.10. The van der Waals surface area contributed by atoms with E-state index in [9.17, 15) is 14.0 Å². The van der Waals surface area contributed by atoms with Gasteiger partial charge >= 0.3 is 12.0 Å². The molecule has 1 atom stereocenters. The topological polar surface area (TPSA) is 102 Å². The number of aliphatic carboxylic acids is 1. The molecule has 0 spiro atoms. The third-order valence-corrected chi connectivity index (χ3v) is 2.06. The number of carboxylic acids is 1. The highest BCUT2D eigenvalue weighted by atomic mass is 19.1. The molecule has 0 heterocycles. The quantitative estimate of drug-likeness (QED) is 0.753. The fourth-order valence-corrected chi connectivity index (χ4v) is 1.10. The molecule has 0 aliphatic rings. The van der Waals surface area contributed by atoms with Crippen molar-refractivity contribution < 1.29 is 19.1 Å². The van der Waals surface area contributed by atoms with Crippen molar-refractivity contribution in [3.05, 3.63) is 29.6 Å². The summed E-state index contributed by atoms with van der Waals surface area (Å²) in [6, 6.07) is 3.34. The number of carbonyl (C=O) groups is 2. The van der Waals surface area contributed by atoms with Gasteiger partial charge in [-0.05, 0) is 25.1 Å². The van der Waals surface area contributed by atoms with Crippen LogP contribution in [-0.2, 0) is 4.79 Å². The molecule has 2 amide bonds. The molecule has 0 radical (unpaired) electrons. The van der Waals surface area contributed by atoms with Crippen molar-refractivity contribution >= 4 is 17.7 Å². The molecule has 6 nitrogen and oxygen atoms in total. The summed E-state index contributed by atoms with van der Waals surface area (Å²) in [6.07, 6.45) is 0. The molecule has 0 aliphatic carbocycles. The van der Waals surface area contributed by atoms with E-state index in [0.717, 1.165) is 6.07 Å². The molecule has 0 saturated carbocycles. The van der Waals surface area contributed by atoms with E-state index in [2.05, 4.69) is 10.6 Å². The predicted octanol–water partition coefficient (Wildman–Crippen LogP) is 1.29. The van der Waals surface area contributed by atoms with Crippen molar-refractivity contribution in [3.63, 3.8) is 0 Å². The maximum atomic E-state index is 13.4. The van der Waals surface area contributed by atoms with Gasteiger partial charge in [0.1, 0.15) is 11.9 Å². The summed E-state index contributed by atoms with van der Waals surface area (Å²) in [5, 5.41) is 21.4. The van der Waals surface area contributed by atoms with Gasteiger partial charge in [-0.2, -0.15) is 5.26 Å². The number of anilines is 1. The number of nitrogens with one attached hydrogen (secondary N) is 2. The van der Waals surface area contributed by atoms with Crippen LogP contribution in [0.1, 0.15) is 12.5 Å². The van der Waals surface area contributed by atoms with Crippen LogP contribution >= 0.6 is 0 Å². The average Bonchev–Trinajstić information content (AvgIpc) is 2.31. The van der Waals surface area contributed by atoms with E-state index in [4.69, 9.17) is 10.4 Å². The van der Waals surface area contributed by atoms with Gasteiger partial charge in [0, 0.05) is 0 Å². The first-order valence-electron chi connectivity index (χ1n) is 4.94. The molecule has 1 aromatic rings. The summed E-state index contributed by atoms with van der Waals surface area (Å²) >= 11 is 0. The number of amides is 2. The van der Waals surface area contributed by atoms with Gasteiger partial charge < -0.3 is 15.7 Å². The third-order valence-electron chi connectivity index (χ3n) is 2.06. The summed E-state index contributed by atoms with van der Waals surface area (Å²) in [7, 11) is 0. The van der Waals surface area contributed by atoms with Gasteiger partial charge in [0.05, 0.1) is 17.3 Å². The molecule has 0 aromatic heterocycles. The van der Waals surface area contributed by atoms with Crippen molar-refractivity contribution in [2.24, 2.45) is 0 Å². The second-order valence-corrected chi connectivity index (χ2v) is 3.46. The van der Waals surface area contributed by atoms with Crippen molar-refractivity contribution in [2.45, 2.75) is 13.0 Å². The highest BCUT2D eigenvalue weighted by Crippen LogP contribution is 2.15. The van der Waals surface area contributed by atoms with E-state index in [1.54, 1.807) is 6.07 Å². The smallest absolute Gasteiger partial charge is 0.325 e. The van der Waals surface area contributed by atoms with Gasteiger partial charge in [0.15, 0.2) is 0 Å². The third kappa shape index (κ3) is 3.45. The Hall–Kier alpha value is -2.62. The van der Waals surface area contributed by atoms with E-state index in [0.29, 0.717) is 0 Å². The molecular weight excluding hydrogens is 241 g/mol. The second kappa shape index (κ2) is 5.63. The number of nitrogens with zero attached hydrogens (tertiary/aromatic N) is 1. The molecule has 3 N–H and O–H groups in total. The van der Waals surface area contributed by atoms with E-state index < -0.39 is 23.9 Å². The van der Waals surface area contributed by atoms with Crippen LogP contribution in [-0.4, -0.2) is 23.1 Å². The first-order valence-corrected chi connectivity index (χ1v) is 4.94. The molecular formula is C11H10FN3O3. The van der Waals surface area contributed by atoms with E-state index in [1.165, 1.54) is 19.1 Å². The number of carboxylic acid groups (broad SMARTS) is 1. The largest absolute Gasteiger partial charge is 0.480 e. The number of nitriles is 1. The Kier molecular flexibility index (Phi) is 4.21. The summed E-state index contributed by atoms with van der Waals surface area (Å²) in [5.74, 6) is -1.97. The zero-order chi connectivity index (χ0) is 13.7. The molecule has 7 heteroatoms. The van der Waals surface area contributed by atoms with Crippen LogP contribution in [0.4, 0.5) is 14.9 Å². The Morgan fingerprint density at radius 1 is 1.50 bits per heavy atom. The molecule has 0 aliphatic heterocycles. The van der Waals surface area contributed by atoms with Crippen LogP contribution in [0.15, 0.2) is 18.2 Å². The highest BCUT2D eigenvalue weighted by molar-refractivity contribution is 5.92. The lowest BCUT2D eigenvalue weighted by atomic mass is 10.2. The van der Waals surface area contributed by atoms with E-state index in [1.807, 2.05) is 0 Å². The minimum atomic E-state index is -1.20. The minimum Gasteiger partial charge on any atom is -0.480 e. The van der Waals surface area contributed by atoms with Crippen LogP contribution in [0.3, 0.4) is 0 Å². The highest BCUT2D eigenvalue weighted by Gasteiger charge is 2.14. The number of benzene rings is 1. The summed E-state index contributed by atoms with van der Waals surface area (Å²) in [6.45, 7) is 1.27. The molecule has 0 bridgehead atoms. The van der Waals surface area contributed by atoms with Gasteiger partial charge in [-0.15, -0.1) is 0 Å². The molecule has 94 valence electrons. The number of urea groups is 1. The van der Waals surface area contributed by atoms with E-state index >= 15 is 0 Å². The van der Waals surface area contributed by atoms with Crippen LogP contribution < -0.4 is 10.6 Å². The maximum absolute atomic E-state index is 13.4. The normalized spacial score (nSPS) is 11.2. The Morgan fingerprint density at radius 2 is 2.17 bits per heavy atom. The SMILES string of the molecule is C[C@@H](NC(=O)Nc1ccc(C#N)cc1F)C(=O)O. The molecule has 0 fully saturated rings. The monoisotopic (exact) mass is 251 g/mol. The van der Waals surface area contributed by atoms with Crippen molar-refractivity contribution in [2.75, 3.05) is 5.32 Å². The van der Waals surface area contributed by atoms with Crippen molar-refractivity contribution in [3.8, 4) is 6.07 Å². The summed E-state index contributed by atoms with van der Waals surface area (Å²) in [5.41, 5.74) is -0.0125. The van der Waals surface area contributed by atoms with Gasteiger partial charge in [-0.25, -0.2) is 9.18 Å². The van der Waals surface area contributed by atoms with Gasteiger partial charge in [-0.3, -0.25) is 4.79 Å². The van der Waals surface area contributed by atoms with Crippen molar-refractivity contribution in [1.82, 2.24) is 5.32 Å². The maximum Gasteiger partial charge on any atom is 0.325 e. The van der Waals surface area contributed by atoms with Crippen LogP contribution in [0.2, 0.25) is 0 Å². The number of hydrogen-bond acceptors (Lipinski definition) is 3. The number of halogens is 1. The van der Waals surface area contributed by atoms with Gasteiger partial charge in [0.2, 0.25) is 0 Å². The Balaban J connectivity index is 2.71. The molecule has 0 unspecified atom stereocenters. The molecule has 0 saturated heterocycles. The molecule has 1 rings (SSSR count). The van der Waals surface area contributed by atoms with Gasteiger partial charge in [-0.1, -0.05) is 0 Å². The van der Waals surface area contributed by atoms with Crippen LogP contribution in [0.25, 0.3) is 0 Å². The average molecular weight is 251 g/mol. The van der Waals surface area contributed by atoms with E-state index in [-0.39, 0.29) is 11.3 Å². The molecule has 18 heavy (non-hydrogen) atoms. The first kappa shape index (κ1) is 13.4. The standard InChI is InChI=1S/C11H10FN3O3/c1-6(10(16)17)14-11(18)15-9-3-2-7(5-13)4-8(9)12/h2-4,6H,1H3,(H,16,17)(H2,14,15,18)/t6-/m1/s1. The van der Waals surface area contributed by atoms with Crippen LogP contribution in [0.5, 0.6) is 0 Å². The first-order chi connectivity index (χ1) is 8.43. The van der Waals surface area contributed by atoms with Crippen LogP contribution in [0, 0.1) is 17.1 Å². The predicted molar refractivity (Wildman–Crippen MR) is 60.4 cm³/mol. The second-order valence-electron chi connectivity index (χ2n) is 3.46. The summed E-state index contributed by atoms with van der Waals surface area (Å²) in [4.78, 5) is 21.8. The lowest BCUT2D eigenvalue weighted by molar-refractivity contribution is -0.138. The summed E-state index contributed by atoms with van der Waals surface area (Å²) < 4.78 is 13.4. The lowest BCUT2D eigenvalue weighted by Crippen LogP contribution is -2.41. The number of hydrogen-bond donors (Lipinski definition) is 3. The number of carbonyl (C=O) groups excluding carboxylic acids is 1. The van der Waals surface area contributed by atoms with Crippen molar-refractivity contribution in [1.29, 1.82) is 5.26 Å².